The van der Waals surface area contributed by atoms with E-state index < -0.39 is 0 Å². The lowest BCUT2D eigenvalue weighted by molar-refractivity contribution is 0.0679. The van der Waals surface area contributed by atoms with Crippen LogP contribution in [0.25, 0.3) is 0 Å². The van der Waals surface area contributed by atoms with Gasteiger partial charge in [0, 0.05) is 31.9 Å². The Balaban J connectivity index is 0.00000256. The zero-order valence-corrected chi connectivity index (χ0v) is 18.5. The molecule has 2 aromatic rings. The minimum Gasteiger partial charge on any atom is -0.491 e. The second-order valence-electron chi connectivity index (χ2n) is 8.15. The van der Waals surface area contributed by atoms with Gasteiger partial charge in [-0.15, -0.1) is 12.4 Å². The molecule has 2 unspecified atom stereocenters. The fourth-order valence-electron chi connectivity index (χ4n) is 4.27. The number of hydrogen-bond donors (Lipinski definition) is 1. The Kier molecular flexibility index (Phi) is 9.40. The molecule has 4 rings (SSSR count). The first-order valence-corrected chi connectivity index (χ1v) is 11.0. The number of hydrogen-bond acceptors (Lipinski definition) is 5. The maximum absolute atomic E-state index is 5.92. The van der Waals surface area contributed by atoms with Crippen molar-refractivity contribution in [2.45, 2.75) is 57.3 Å². The second-order valence-corrected chi connectivity index (χ2v) is 8.15. The van der Waals surface area contributed by atoms with Gasteiger partial charge in [-0.2, -0.15) is 0 Å². The number of aromatic nitrogens is 1. The molecule has 3 heterocycles. The van der Waals surface area contributed by atoms with Gasteiger partial charge in [0.1, 0.15) is 12.4 Å². The highest BCUT2D eigenvalue weighted by atomic mass is 35.5. The van der Waals surface area contributed by atoms with Crippen molar-refractivity contribution in [1.82, 2.24) is 15.2 Å². The number of rotatable bonds is 8. The van der Waals surface area contributed by atoms with E-state index in [1.54, 1.807) is 0 Å². The SMILES string of the molecule is Cl.c1ccc(CN(Cc2ccc(OCC3CCCO3)cc2)C2CCCNCC2)nc1. The molecule has 1 aromatic carbocycles. The smallest absolute Gasteiger partial charge is 0.119 e. The minimum atomic E-state index is 0. The van der Waals surface area contributed by atoms with E-state index in [1.807, 2.05) is 12.3 Å². The van der Waals surface area contributed by atoms with E-state index in [1.165, 1.54) is 24.8 Å². The molecular formula is C24H34ClN3O2. The average Bonchev–Trinajstić information content (AvgIpc) is 3.14. The predicted octanol–water partition coefficient (Wildman–Crippen LogP) is 4.21. The summed E-state index contributed by atoms with van der Waals surface area (Å²) in [5.74, 6) is 0.930. The van der Waals surface area contributed by atoms with Crippen LogP contribution >= 0.6 is 12.4 Å². The molecule has 2 saturated heterocycles. The van der Waals surface area contributed by atoms with Crippen molar-refractivity contribution in [2.24, 2.45) is 0 Å². The summed E-state index contributed by atoms with van der Waals surface area (Å²) in [6, 6.07) is 15.4. The second kappa shape index (κ2) is 12.3. The molecule has 164 valence electrons. The summed E-state index contributed by atoms with van der Waals surface area (Å²) in [4.78, 5) is 7.16. The molecule has 6 heteroatoms. The Morgan fingerprint density at radius 2 is 1.90 bits per heavy atom. The van der Waals surface area contributed by atoms with Gasteiger partial charge >= 0.3 is 0 Å². The van der Waals surface area contributed by atoms with Crippen LogP contribution in [0.1, 0.15) is 43.4 Å². The molecule has 2 fully saturated rings. The first kappa shape index (κ1) is 23.0. The quantitative estimate of drug-likeness (QED) is 0.678. The Labute approximate surface area is 186 Å². The minimum absolute atomic E-state index is 0. The largest absolute Gasteiger partial charge is 0.491 e. The van der Waals surface area contributed by atoms with Gasteiger partial charge in [-0.05, 0) is 75.0 Å². The standard InChI is InChI=1S/C24H33N3O2.ClH/c1-2-14-26-21(5-1)18-27(22-6-3-13-25-15-12-22)17-20-8-10-23(11-9-20)29-19-24-7-4-16-28-24;/h1-2,5,8-11,14,22,24-25H,3-4,6-7,12-13,15-19H2;1H. The number of ether oxygens (including phenoxy) is 2. The van der Waals surface area contributed by atoms with Crippen molar-refractivity contribution < 1.29 is 9.47 Å². The normalized spacial score (nSPS) is 21.8. The molecule has 5 nitrogen and oxygen atoms in total. The topological polar surface area (TPSA) is 46.6 Å². The lowest BCUT2D eigenvalue weighted by Gasteiger charge is -2.31. The van der Waals surface area contributed by atoms with Crippen LogP contribution in [0.4, 0.5) is 0 Å². The van der Waals surface area contributed by atoms with Crippen LogP contribution in [0.3, 0.4) is 0 Å². The van der Waals surface area contributed by atoms with E-state index in [4.69, 9.17) is 9.47 Å². The van der Waals surface area contributed by atoms with Gasteiger partial charge in [-0.3, -0.25) is 9.88 Å². The molecule has 2 aliphatic rings. The van der Waals surface area contributed by atoms with Crippen LogP contribution in [0.15, 0.2) is 48.7 Å². The van der Waals surface area contributed by atoms with Crippen LogP contribution in [-0.4, -0.2) is 48.3 Å². The number of nitrogens with one attached hydrogen (secondary N) is 1. The molecule has 0 radical (unpaired) electrons. The molecule has 0 spiro atoms. The average molecular weight is 432 g/mol. The monoisotopic (exact) mass is 431 g/mol. The summed E-state index contributed by atoms with van der Waals surface area (Å²) in [5, 5.41) is 3.54. The zero-order chi connectivity index (χ0) is 19.7. The van der Waals surface area contributed by atoms with E-state index in [0.29, 0.717) is 12.6 Å². The van der Waals surface area contributed by atoms with Gasteiger partial charge in [0.15, 0.2) is 0 Å². The van der Waals surface area contributed by atoms with Crippen molar-refractivity contribution in [3.05, 3.63) is 59.9 Å². The lowest BCUT2D eigenvalue weighted by atomic mass is 10.1. The molecule has 2 atom stereocenters. The highest BCUT2D eigenvalue weighted by molar-refractivity contribution is 5.85. The Hall–Kier alpha value is -1.66. The van der Waals surface area contributed by atoms with E-state index in [2.05, 4.69) is 51.6 Å². The van der Waals surface area contributed by atoms with Gasteiger partial charge in [-0.1, -0.05) is 18.2 Å². The Morgan fingerprint density at radius 1 is 1.00 bits per heavy atom. The van der Waals surface area contributed by atoms with Gasteiger partial charge in [-0.25, -0.2) is 0 Å². The molecule has 0 saturated carbocycles. The van der Waals surface area contributed by atoms with Crippen LogP contribution in [0.5, 0.6) is 5.75 Å². The van der Waals surface area contributed by atoms with Crippen molar-refractivity contribution in [1.29, 1.82) is 0 Å². The summed E-state index contributed by atoms with van der Waals surface area (Å²) >= 11 is 0. The highest BCUT2D eigenvalue weighted by Crippen LogP contribution is 2.21. The number of nitrogens with zero attached hydrogens (tertiary/aromatic N) is 2. The van der Waals surface area contributed by atoms with Crippen LogP contribution in [0.2, 0.25) is 0 Å². The Bertz CT molecular complexity index is 715. The summed E-state index contributed by atoms with van der Waals surface area (Å²) in [6.07, 6.45) is 8.07. The molecular weight excluding hydrogens is 398 g/mol. The summed E-state index contributed by atoms with van der Waals surface area (Å²) in [6.45, 7) is 5.58. The fraction of sp³-hybridized carbons (Fsp3) is 0.542. The van der Waals surface area contributed by atoms with E-state index in [0.717, 1.165) is 57.1 Å². The van der Waals surface area contributed by atoms with Crippen molar-refractivity contribution in [2.75, 3.05) is 26.3 Å². The summed E-state index contributed by atoms with van der Waals surface area (Å²) < 4.78 is 11.6. The predicted molar refractivity (Wildman–Crippen MR) is 122 cm³/mol. The van der Waals surface area contributed by atoms with Crippen molar-refractivity contribution >= 4 is 12.4 Å². The molecule has 0 bridgehead atoms. The summed E-state index contributed by atoms with van der Waals surface area (Å²) in [7, 11) is 0. The van der Waals surface area contributed by atoms with Crippen LogP contribution in [0, 0.1) is 0 Å². The maximum atomic E-state index is 5.92. The fourth-order valence-corrected chi connectivity index (χ4v) is 4.27. The molecule has 30 heavy (non-hydrogen) atoms. The highest BCUT2D eigenvalue weighted by Gasteiger charge is 2.21. The third kappa shape index (κ3) is 6.95. The number of halogens is 1. The molecule has 0 aliphatic carbocycles. The van der Waals surface area contributed by atoms with Crippen molar-refractivity contribution in [3.63, 3.8) is 0 Å². The van der Waals surface area contributed by atoms with Gasteiger partial charge in [0.2, 0.25) is 0 Å². The zero-order valence-electron chi connectivity index (χ0n) is 17.7. The van der Waals surface area contributed by atoms with E-state index in [-0.39, 0.29) is 18.5 Å². The molecule has 1 aromatic heterocycles. The molecule has 2 aliphatic heterocycles. The van der Waals surface area contributed by atoms with Gasteiger partial charge < -0.3 is 14.8 Å². The van der Waals surface area contributed by atoms with E-state index >= 15 is 0 Å². The first-order chi connectivity index (χ1) is 14.4. The third-order valence-corrected chi connectivity index (χ3v) is 5.92. The number of benzene rings is 1. The van der Waals surface area contributed by atoms with Gasteiger partial charge in [0.05, 0.1) is 11.8 Å². The summed E-state index contributed by atoms with van der Waals surface area (Å²) in [5.41, 5.74) is 2.46. The number of pyridine rings is 1. The first-order valence-electron chi connectivity index (χ1n) is 11.0. The van der Waals surface area contributed by atoms with Crippen molar-refractivity contribution in [3.8, 4) is 5.75 Å². The van der Waals surface area contributed by atoms with Gasteiger partial charge in [0.25, 0.3) is 0 Å². The van der Waals surface area contributed by atoms with Crippen LogP contribution < -0.4 is 10.1 Å². The van der Waals surface area contributed by atoms with E-state index in [9.17, 15) is 0 Å². The Morgan fingerprint density at radius 3 is 2.67 bits per heavy atom. The third-order valence-electron chi connectivity index (χ3n) is 5.92. The molecule has 0 amide bonds. The van der Waals surface area contributed by atoms with Crippen LogP contribution in [-0.2, 0) is 17.8 Å². The lowest BCUT2D eigenvalue weighted by Crippen LogP contribution is -2.35. The maximum Gasteiger partial charge on any atom is 0.119 e. The molecule has 1 N–H and O–H groups in total.